The normalized spacial score (nSPS) is 15.3. The van der Waals surface area contributed by atoms with Gasteiger partial charge in [-0.3, -0.25) is 20.2 Å². The molecular formula is C15H17N5O3S. The Labute approximate surface area is 142 Å². The number of benzene rings is 1. The minimum atomic E-state index is -0.436. The summed E-state index contributed by atoms with van der Waals surface area (Å²) in [5.41, 5.74) is 2.25. The van der Waals surface area contributed by atoms with Crippen molar-refractivity contribution < 1.29 is 9.72 Å². The molecule has 1 fully saturated rings. The van der Waals surface area contributed by atoms with Crippen molar-refractivity contribution in [1.29, 1.82) is 0 Å². The van der Waals surface area contributed by atoms with Gasteiger partial charge < -0.3 is 4.90 Å². The van der Waals surface area contributed by atoms with E-state index in [0.29, 0.717) is 16.7 Å². The molecule has 1 saturated heterocycles. The topological polar surface area (TPSA) is 101 Å². The zero-order valence-corrected chi connectivity index (χ0v) is 14.0. The first-order valence-corrected chi connectivity index (χ1v) is 8.53. The molecule has 0 atom stereocenters. The van der Waals surface area contributed by atoms with Gasteiger partial charge in [0.25, 0.3) is 11.6 Å². The van der Waals surface area contributed by atoms with Crippen molar-refractivity contribution in [2.24, 2.45) is 5.92 Å². The van der Waals surface area contributed by atoms with Gasteiger partial charge in [-0.05, 0) is 30.9 Å². The second-order valence-electron chi connectivity index (χ2n) is 5.83. The third-order valence-corrected chi connectivity index (χ3v) is 4.75. The van der Waals surface area contributed by atoms with Crippen molar-refractivity contribution >= 4 is 33.8 Å². The number of piperidine rings is 1. The molecule has 126 valence electrons. The first kappa shape index (κ1) is 16.3. The number of hydrogen-bond acceptors (Lipinski definition) is 7. The molecule has 9 heteroatoms. The van der Waals surface area contributed by atoms with Crippen LogP contribution in [0.1, 0.15) is 30.1 Å². The van der Waals surface area contributed by atoms with Gasteiger partial charge in [-0.2, -0.15) is 0 Å². The number of rotatable bonds is 4. The Bertz CT molecular complexity index is 742. The number of nitro groups is 1. The Kier molecular flexibility index (Phi) is 4.70. The lowest BCUT2D eigenvalue weighted by Crippen LogP contribution is -2.33. The third kappa shape index (κ3) is 3.51. The molecule has 8 nitrogen and oxygen atoms in total. The summed E-state index contributed by atoms with van der Waals surface area (Å²) < 4.78 is 0. The van der Waals surface area contributed by atoms with Crippen molar-refractivity contribution in [2.45, 2.75) is 19.8 Å². The minimum absolute atomic E-state index is 0.0468. The number of nitrogens with zero attached hydrogens (tertiary/aromatic N) is 4. The van der Waals surface area contributed by atoms with Crippen LogP contribution in [0.4, 0.5) is 16.5 Å². The molecule has 1 aliphatic heterocycles. The predicted octanol–water partition coefficient (Wildman–Crippen LogP) is 2.93. The van der Waals surface area contributed by atoms with Crippen LogP contribution < -0.4 is 10.2 Å². The second-order valence-corrected chi connectivity index (χ2v) is 6.66. The van der Waals surface area contributed by atoms with Crippen LogP contribution in [0.25, 0.3) is 0 Å². The molecule has 0 saturated carbocycles. The SMILES string of the molecule is CC1CCN(c2ccc(C(=O)Nc3nncs3)cc2[N+](=O)[O-])CC1. The molecule has 1 aliphatic rings. The van der Waals surface area contributed by atoms with Gasteiger partial charge in [0.05, 0.1) is 4.92 Å². The standard InChI is InChI=1S/C15H17N5O3S/c1-10-4-6-19(7-5-10)12-3-2-11(8-13(12)20(22)23)14(21)17-15-18-16-9-24-15/h2-3,8-10H,4-7H2,1H3,(H,17,18,21). The zero-order valence-electron chi connectivity index (χ0n) is 13.1. The van der Waals surface area contributed by atoms with Gasteiger partial charge >= 0.3 is 0 Å². The number of nitro benzene ring substituents is 1. The van der Waals surface area contributed by atoms with Crippen LogP contribution in [0, 0.1) is 16.0 Å². The Morgan fingerprint density at radius 3 is 2.79 bits per heavy atom. The maximum absolute atomic E-state index is 12.2. The summed E-state index contributed by atoms with van der Waals surface area (Å²) >= 11 is 1.19. The Balaban J connectivity index is 1.84. The number of anilines is 2. The van der Waals surface area contributed by atoms with Crippen molar-refractivity contribution in [3.63, 3.8) is 0 Å². The molecule has 0 unspecified atom stereocenters. The summed E-state index contributed by atoms with van der Waals surface area (Å²) in [6, 6.07) is 4.59. The highest BCUT2D eigenvalue weighted by Crippen LogP contribution is 2.32. The molecule has 0 radical (unpaired) electrons. The van der Waals surface area contributed by atoms with E-state index in [1.165, 1.54) is 22.9 Å². The number of aromatic nitrogens is 2. The molecule has 0 spiro atoms. The average Bonchev–Trinajstić information content (AvgIpc) is 3.08. The fourth-order valence-electron chi connectivity index (χ4n) is 2.72. The summed E-state index contributed by atoms with van der Waals surface area (Å²) in [6.45, 7) is 3.77. The lowest BCUT2D eigenvalue weighted by atomic mass is 9.98. The molecule has 0 aliphatic carbocycles. The van der Waals surface area contributed by atoms with E-state index in [2.05, 4.69) is 22.4 Å². The molecule has 24 heavy (non-hydrogen) atoms. The van der Waals surface area contributed by atoms with Gasteiger partial charge in [0, 0.05) is 24.7 Å². The van der Waals surface area contributed by atoms with E-state index in [9.17, 15) is 14.9 Å². The minimum Gasteiger partial charge on any atom is -0.366 e. The molecule has 2 heterocycles. The van der Waals surface area contributed by atoms with Crippen LogP contribution >= 0.6 is 11.3 Å². The first-order chi connectivity index (χ1) is 11.5. The highest BCUT2D eigenvalue weighted by molar-refractivity contribution is 7.13. The van der Waals surface area contributed by atoms with Gasteiger partial charge in [-0.15, -0.1) is 10.2 Å². The molecule has 0 bridgehead atoms. The lowest BCUT2D eigenvalue weighted by molar-refractivity contribution is -0.384. The average molecular weight is 347 g/mol. The molecule has 1 aromatic heterocycles. The molecule has 2 aromatic rings. The van der Waals surface area contributed by atoms with E-state index in [1.807, 2.05) is 4.90 Å². The van der Waals surface area contributed by atoms with Crippen LogP contribution in [0.5, 0.6) is 0 Å². The Morgan fingerprint density at radius 2 is 2.17 bits per heavy atom. The van der Waals surface area contributed by atoms with Crippen LogP contribution in [-0.2, 0) is 0 Å². The van der Waals surface area contributed by atoms with Crippen LogP contribution in [0.2, 0.25) is 0 Å². The van der Waals surface area contributed by atoms with Crippen LogP contribution in [0.15, 0.2) is 23.7 Å². The molecule has 1 amide bonds. The van der Waals surface area contributed by atoms with Gasteiger partial charge in [0.2, 0.25) is 5.13 Å². The first-order valence-electron chi connectivity index (χ1n) is 7.65. The molecule has 3 rings (SSSR count). The highest BCUT2D eigenvalue weighted by Gasteiger charge is 2.24. The molecule has 1 aromatic carbocycles. The van der Waals surface area contributed by atoms with Gasteiger partial charge in [0.1, 0.15) is 11.2 Å². The number of nitrogens with one attached hydrogen (secondary N) is 1. The highest BCUT2D eigenvalue weighted by atomic mass is 32.1. The van der Waals surface area contributed by atoms with E-state index in [1.54, 1.807) is 12.1 Å². The van der Waals surface area contributed by atoms with Crippen molar-refractivity contribution in [2.75, 3.05) is 23.3 Å². The Morgan fingerprint density at radius 1 is 1.42 bits per heavy atom. The fourth-order valence-corrected chi connectivity index (χ4v) is 3.16. The van der Waals surface area contributed by atoms with Crippen LogP contribution in [0.3, 0.4) is 0 Å². The Hall–Kier alpha value is -2.55. The number of hydrogen-bond donors (Lipinski definition) is 1. The van der Waals surface area contributed by atoms with Crippen LogP contribution in [-0.4, -0.2) is 34.1 Å². The van der Waals surface area contributed by atoms with E-state index in [-0.39, 0.29) is 11.3 Å². The lowest BCUT2D eigenvalue weighted by Gasteiger charge is -2.31. The molecule has 1 N–H and O–H groups in total. The summed E-state index contributed by atoms with van der Waals surface area (Å²) in [7, 11) is 0. The van der Waals surface area contributed by atoms with Gasteiger partial charge in [0.15, 0.2) is 0 Å². The second kappa shape index (κ2) is 6.91. The van der Waals surface area contributed by atoms with Crippen molar-refractivity contribution in [1.82, 2.24) is 10.2 Å². The summed E-state index contributed by atoms with van der Waals surface area (Å²) in [6.07, 6.45) is 2.02. The number of amides is 1. The smallest absolute Gasteiger partial charge is 0.293 e. The van der Waals surface area contributed by atoms with E-state index in [0.717, 1.165) is 25.9 Å². The maximum atomic E-state index is 12.2. The van der Waals surface area contributed by atoms with Gasteiger partial charge in [-0.25, -0.2) is 0 Å². The fraction of sp³-hybridized carbons (Fsp3) is 0.400. The third-order valence-electron chi connectivity index (χ3n) is 4.14. The number of carbonyl (C=O) groups is 1. The quantitative estimate of drug-likeness (QED) is 0.674. The van der Waals surface area contributed by atoms with Gasteiger partial charge in [-0.1, -0.05) is 18.3 Å². The molecular weight excluding hydrogens is 330 g/mol. The summed E-state index contributed by atoms with van der Waals surface area (Å²) in [5.74, 6) is 0.200. The van der Waals surface area contributed by atoms with E-state index >= 15 is 0 Å². The predicted molar refractivity (Wildman–Crippen MR) is 91.6 cm³/mol. The van der Waals surface area contributed by atoms with E-state index < -0.39 is 10.8 Å². The number of carbonyl (C=O) groups excluding carboxylic acids is 1. The zero-order chi connectivity index (χ0) is 17.1. The van der Waals surface area contributed by atoms with Crippen molar-refractivity contribution in [3.8, 4) is 0 Å². The monoisotopic (exact) mass is 347 g/mol. The summed E-state index contributed by atoms with van der Waals surface area (Å²) in [5, 5.41) is 21.8. The summed E-state index contributed by atoms with van der Waals surface area (Å²) in [4.78, 5) is 25.2. The van der Waals surface area contributed by atoms with Crippen molar-refractivity contribution in [3.05, 3.63) is 39.4 Å². The largest absolute Gasteiger partial charge is 0.366 e. The maximum Gasteiger partial charge on any atom is 0.293 e. The van der Waals surface area contributed by atoms with E-state index in [4.69, 9.17) is 0 Å².